The Hall–Kier alpha value is -3.99. The van der Waals surface area contributed by atoms with Crippen molar-refractivity contribution in [2.45, 2.75) is 13.5 Å². The fourth-order valence-electron chi connectivity index (χ4n) is 2.76. The van der Waals surface area contributed by atoms with Crippen LogP contribution in [0.2, 0.25) is 0 Å². The highest BCUT2D eigenvalue weighted by Gasteiger charge is 2.14. The third-order valence-electron chi connectivity index (χ3n) is 4.09. The van der Waals surface area contributed by atoms with Crippen LogP contribution in [-0.2, 0) is 16.1 Å². The monoisotopic (exact) mass is 437 g/mol. The van der Waals surface area contributed by atoms with Crippen molar-refractivity contribution in [2.24, 2.45) is 0 Å². The summed E-state index contributed by atoms with van der Waals surface area (Å²) < 4.78 is 14.4. The van der Waals surface area contributed by atoms with E-state index in [1.54, 1.807) is 11.4 Å². The molecule has 0 saturated carbocycles. The number of thiazole rings is 1. The van der Waals surface area contributed by atoms with Gasteiger partial charge in [-0.15, -0.1) is 21.5 Å². The highest BCUT2D eigenvalue weighted by molar-refractivity contribution is 7.14. The van der Waals surface area contributed by atoms with E-state index in [9.17, 15) is 14.0 Å². The summed E-state index contributed by atoms with van der Waals surface area (Å²) in [7, 11) is 0. The number of hydrogen-bond donors (Lipinski definition) is 2. The summed E-state index contributed by atoms with van der Waals surface area (Å²) in [6.45, 7) is 1.20. The van der Waals surface area contributed by atoms with Gasteiger partial charge in [0.15, 0.2) is 5.13 Å². The number of aromatic nitrogens is 5. The second-order valence-corrected chi connectivity index (χ2v) is 7.33. The van der Waals surface area contributed by atoms with Crippen LogP contribution in [0.4, 0.5) is 15.2 Å². The largest absolute Gasteiger partial charge is 0.326 e. The Morgan fingerprint density at radius 3 is 2.68 bits per heavy atom. The smallest absolute Gasteiger partial charge is 0.249 e. The minimum Gasteiger partial charge on any atom is -0.326 e. The topological polar surface area (TPSA) is 115 Å². The summed E-state index contributed by atoms with van der Waals surface area (Å²) in [5.74, 6) is -0.791. The van der Waals surface area contributed by atoms with Crippen LogP contribution in [0.5, 0.6) is 0 Å². The number of anilines is 2. The van der Waals surface area contributed by atoms with Crippen molar-refractivity contribution in [2.75, 3.05) is 10.6 Å². The summed E-state index contributed by atoms with van der Waals surface area (Å²) >= 11 is 1.16. The van der Waals surface area contributed by atoms with Crippen molar-refractivity contribution < 1.29 is 14.0 Å². The first-order valence-electron chi connectivity index (χ1n) is 9.14. The van der Waals surface area contributed by atoms with Crippen molar-refractivity contribution in [1.29, 1.82) is 0 Å². The maximum absolute atomic E-state index is 14.4. The van der Waals surface area contributed by atoms with Gasteiger partial charge in [-0.2, -0.15) is 4.80 Å². The van der Waals surface area contributed by atoms with E-state index in [4.69, 9.17) is 0 Å². The Balaban J connectivity index is 1.41. The third-order valence-corrected chi connectivity index (χ3v) is 4.84. The molecular weight excluding hydrogens is 421 g/mol. The average molecular weight is 437 g/mol. The predicted molar refractivity (Wildman–Crippen MR) is 114 cm³/mol. The van der Waals surface area contributed by atoms with Gasteiger partial charge in [-0.1, -0.05) is 30.3 Å². The molecule has 0 saturated heterocycles. The Morgan fingerprint density at radius 1 is 1.13 bits per heavy atom. The lowest BCUT2D eigenvalue weighted by atomic mass is 10.1. The number of amides is 2. The molecule has 156 valence electrons. The number of nitrogens with zero attached hydrogens (tertiary/aromatic N) is 5. The fraction of sp³-hybridized carbons (Fsp3) is 0.100. The second-order valence-electron chi connectivity index (χ2n) is 6.47. The lowest BCUT2D eigenvalue weighted by molar-refractivity contribution is -0.117. The van der Waals surface area contributed by atoms with Gasteiger partial charge in [-0.05, 0) is 23.4 Å². The molecule has 2 amide bonds. The van der Waals surface area contributed by atoms with Crippen LogP contribution in [0, 0.1) is 5.82 Å². The van der Waals surface area contributed by atoms with Crippen LogP contribution in [-0.4, -0.2) is 37.0 Å². The molecule has 2 heterocycles. The number of hydrogen-bond acceptors (Lipinski definition) is 7. The van der Waals surface area contributed by atoms with E-state index in [-0.39, 0.29) is 23.9 Å². The standard InChI is InChI=1S/C20H16FN7O2S/c1-12(29)22-14-7-8-15(16(21)9-14)17-11-31-20(23-17)24-18(30)10-28-26-19(25-27-28)13-5-3-2-4-6-13/h2-9,11H,10H2,1H3,(H,22,29)(H,23,24,30). The van der Waals surface area contributed by atoms with Gasteiger partial charge in [0.25, 0.3) is 0 Å². The van der Waals surface area contributed by atoms with E-state index in [0.29, 0.717) is 22.3 Å². The van der Waals surface area contributed by atoms with Crippen LogP contribution in [0.3, 0.4) is 0 Å². The molecule has 11 heteroatoms. The van der Waals surface area contributed by atoms with Crippen LogP contribution in [0.15, 0.2) is 53.9 Å². The zero-order valence-electron chi connectivity index (χ0n) is 16.2. The van der Waals surface area contributed by atoms with Crippen LogP contribution >= 0.6 is 11.3 Å². The van der Waals surface area contributed by atoms with Crippen LogP contribution in [0.1, 0.15) is 6.92 Å². The van der Waals surface area contributed by atoms with Crippen molar-refractivity contribution in [3.8, 4) is 22.6 Å². The average Bonchev–Trinajstić information content (AvgIpc) is 3.38. The quantitative estimate of drug-likeness (QED) is 0.479. The maximum atomic E-state index is 14.4. The molecule has 0 aliphatic heterocycles. The van der Waals surface area contributed by atoms with Gasteiger partial charge in [0.2, 0.25) is 17.6 Å². The number of benzene rings is 2. The number of halogens is 1. The molecule has 0 fully saturated rings. The van der Waals surface area contributed by atoms with E-state index < -0.39 is 5.82 Å². The molecule has 0 atom stereocenters. The second kappa shape index (κ2) is 8.79. The lowest BCUT2D eigenvalue weighted by Gasteiger charge is -2.05. The zero-order chi connectivity index (χ0) is 21.8. The molecule has 2 aromatic carbocycles. The molecule has 2 aromatic heterocycles. The molecule has 0 aliphatic carbocycles. The summed E-state index contributed by atoms with van der Waals surface area (Å²) in [5.41, 5.74) is 1.78. The fourth-order valence-corrected chi connectivity index (χ4v) is 3.49. The van der Waals surface area contributed by atoms with E-state index in [1.165, 1.54) is 23.9 Å². The van der Waals surface area contributed by atoms with Gasteiger partial charge < -0.3 is 10.6 Å². The van der Waals surface area contributed by atoms with Crippen molar-refractivity contribution in [1.82, 2.24) is 25.2 Å². The van der Waals surface area contributed by atoms with Gasteiger partial charge in [0.1, 0.15) is 12.4 Å². The Labute approximate surface area is 179 Å². The number of nitrogens with one attached hydrogen (secondary N) is 2. The first-order chi connectivity index (χ1) is 15.0. The van der Waals surface area contributed by atoms with Gasteiger partial charge in [-0.3, -0.25) is 9.59 Å². The van der Waals surface area contributed by atoms with Crippen molar-refractivity contribution in [3.63, 3.8) is 0 Å². The van der Waals surface area contributed by atoms with E-state index >= 15 is 0 Å². The minimum absolute atomic E-state index is 0.144. The molecule has 0 unspecified atom stereocenters. The number of rotatable bonds is 6. The molecular formula is C20H16FN7O2S. The number of tetrazole rings is 1. The molecule has 4 aromatic rings. The highest BCUT2D eigenvalue weighted by atomic mass is 32.1. The van der Waals surface area contributed by atoms with Gasteiger partial charge in [-0.25, -0.2) is 9.37 Å². The lowest BCUT2D eigenvalue weighted by Crippen LogP contribution is -2.20. The van der Waals surface area contributed by atoms with Crippen molar-refractivity contribution in [3.05, 3.63) is 59.7 Å². The predicted octanol–water partition coefficient (Wildman–Crippen LogP) is 3.20. The zero-order valence-corrected chi connectivity index (χ0v) is 17.1. The van der Waals surface area contributed by atoms with Crippen LogP contribution < -0.4 is 10.6 Å². The molecule has 31 heavy (non-hydrogen) atoms. The molecule has 0 radical (unpaired) electrons. The maximum Gasteiger partial charge on any atom is 0.249 e. The summed E-state index contributed by atoms with van der Waals surface area (Å²) in [6, 6.07) is 13.6. The highest BCUT2D eigenvalue weighted by Crippen LogP contribution is 2.28. The van der Waals surface area contributed by atoms with Crippen molar-refractivity contribution >= 4 is 34.0 Å². The van der Waals surface area contributed by atoms with E-state index in [1.807, 2.05) is 30.3 Å². The molecule has 4 rings (SSSR count). The first-order valence-corrected chi connectivity index (χ1v) is 10.0. The minimum atomic E-state index is -0.533. The Morgan fingerprint density at radius 2 is 1.94 bits per heavy atom. The normalized spacial score (nSPS) is 10.6. The van der Waals surface area contributed by atoms with Crippen LogP contribution in [0.25, 0.3) is 22.6 Å². The van der Waals surface area contributed by atoms with Gasteiger partial charge >= 0.3 is 0 Å². The van der Waals surface area contributed by atoms with E-state index in [2.05, 4.69) is 31.0 Å². The molecule has 2 N–H and O–H groups in total. The summed E-state index contributed by atoms with van der Waals surface area (Å²) in [4.78, 5) is 28.8. The SMILES string of the molecule is CC(=O)Nc1ccc(-c2csc(NC(=O)Cn3nnc(-c4ccccc4)n3)n2)c(F)c1. The van der Waals surface area contributed by atoms with Gasteiger partial charge in [0.05, 0.1) is 5.69 Å². The Bertz CT molecular complexity index is 1240. The molecule has 0 spiro atoms. The molecule has 9 nitrogen and oxygen atoms in total. The number of carbonyl (C=O) groups excluding carboxylic acids is 2. The first kappa shape index (κ1) is 20.3. The Kier molecular flexibility index (Phi) is 5.76. The molecule has 0 bridgehead atoms. The van der Waals surface area contributed by atoms with Gasteiger partial charge in [0, 0.05) is 29.1 Å². The van der Waals surface area contributed by atoms with E-state index in [0.717, 1.165) is 16.9 Å². The number of carbonyl (C=O) groups is 2. The third kappa shape index (κ3) is 4.95. The summed E-state index contributed by atoms with van der Waals surface area (Å²) in [5, 5.41) is 19.1. The molecule has 0 aliphatic rings. The summed E-state index contributed by atoms with van der Waals surface area (Å²) in [6.07, 6.45) is 0.